The quantitative estimate of drug-likeness (QED) is 0.301. The van der Waals surface area contributed by atoms with Crippen LogP contribution in [-0.4, -0.2) is 45.7 Å². The van der Waals surface area contributed by atoms with E-state index in [0.717, 1.165) is 29.7 Å². The number of nitrogens with one attached hydrogen (secondary N) is 1. The summed E-state index contributed by atoms with van der Waals surface area (Å²) in [6, 6.07) is 22.2. The average molecular weight is 523 g/mol. The number of hydrogen-bond acceptors (Lipinski definition) is 5. The van der Waals surface area contributed by atoms with Crippen molar-refractivity contribution in [1.82, 2.24) is 14.7 Å². The summed E-state index contributed by atoms with van der Waals surface area (Å²) < 4.78 is 14.0. The molecule has 1 aromatic heterocycles. The summed E-state index contributed by atoms with van der Waals surface area (Å²) in [5.41, 5.74) is 2.82. The predicted molar refractivity (Wildman–Crippen MR) is 150 cm³/mol. The lowest BCUT2D eigenvalue weighted by atomic mass is 10.0. The van der Waals surface area contributed by atoms with E-state index in [0.29, 0.717) is 35.8 Å². The molecule has 3 aromatic carbocycles. The normalized spacial score (nSPS) is 14.9. The number of carbonyl (C=O) groups excluding carboxylic acids is 2. The number of amides is 2. The Morgan fingerprint density at radius 3 is 2.51 bits per heavy atom. The van der Waals surface area contributed by atoms with Crippen molar-refractivity contribution in [3.8, 4) is 28.4 Å². The Morgan fingerprint density at radius 1 is 1.03 bits per heavy atom. The van der Waals surface area contributed by atoms with E-state index in [4.69, 9.17) is 9.47 Å². The molecule has 8 heteroatoms. The summed E-state index contributed by atoms with van der Waals surface area (Å²) in [5.74, 6) is 1.44. The molecule has 39 heavy (non-hydrogen) atoms. The monoisotopic (exact) mass is 522 g/mol. The molecule has 0 spiro atoms. The standard InChI is InChI=1S/C31H30N4O4/c1-3-30(36)35-17-7-10-27(21-35)39-29-18-22(23-19-32-34(2)20-23)11-16-28(29)31(37)33-24-12-14-26(15-13-24)38-25-8-5-4-6-9-25/h3-6,8-9,11-16,18-20,27H,1,7,10,17,21H2,2H3,(H,33,37)/t27-/m1/s1. The van der Waals surface area contributed by atoms with Crippen LogP contribution in [0.4, 0.5) is 5.69 Å². The highest BCUT2D eigenvalue weighted by molar-refractivity contribution is 6.06. The van der Waals surface area contributed by atoms with Crippen LogP contribution >= 0.6 is 0 Å². The molecule has 1 atom stereocenters. The van der Waals surface area contributed by atoms with Crippen LogP contribution < -0.4 is 14.8 Å². The fourth-order valence-electron chi connectivity index (χ4n) is 4.53. The van der Waals surface area contributed by atoms with Crippen molar-refractivity contribution in [2.75, 3.05) is 18.4 Å². The highest BCUT2D eigenvalue weighted by atomic mass is 16.5. The second-order valence-electron chi connectivity index (χ2n) is 9.38. The molecule has 1 saturated heterocycles. The Labute approximate surface area is 227 Å². The Balaban J connectivity index is 1.36. The topological polar surface area (TPSA) is 85.7 Å². The van der Waals surface area contributed by atoms with Gasteiger partial charge in [-0.25, -0.2) is 0 Å². The molecule has 198 valence electrons. The first-order valence-electron chi connectivity index (χ1n) is 12.8. The van der Waals surface area contributed by atoms with Crippen molar-refractivity contribution in [2.24, 2.45) is 7.05 Å². The first-order chi connectivity index (χ1) is 19.0. The highest BCUT2D eigenvalue weighted by Gasteiger charge is 2.25. The van der Waals surface area contributed by atoms with E-state index in [1.54, 1.807) is 46.1 Å². The van der Waals surface area contributed by atoms with Crippen LogP contribution in [-0.2, 0) is 11.8 Å². The number of hydrogen-bond donors (Lipinski definition) is 1. The van der Waals surface area contributed by atoms with Gasteiger partial charge in [-0.1, -0.05) is 30.8 Å². The Morgan fingerprint density at radius 2 is 1.79 bits per heavy atom. The maximum Gasteiger partial charge on any atom is 0.259 e. The minimum Gasteiger partial charge on any atom is -0.488 e. The zero-order chi connectivity index (χ0) is 27.2. The molecule has 0 bridgehead atoms. The van der Waals surface area contributed by atoms with Crippen LogP contribution in [0.15, 0.2) is 97.8 Å². The number of ether oxygens (including phenoxy) is 2. The molecule has 1 fully saturated rings. The van der Waals surface area contributed by atoms with Crippen LogP contribution in [0.5, 0.6) is 17.2 Å². The molecule has 2 amide bonds. The van der Waals surface area contributed by atoms with Crippen LogP contribution in [0.3, 0.4) is 0 Å². The molecule has 0 radical (unpaired) electrons. The number of benzene rings is 3. The van der Waals surface area contributed by atoms with E-state index >= 15 is 0 Å². The zero-order valence-electron chi connectivity index (χ0n) is 21.7. The Bertz CT molecular complexity index is 1460. The molecule has 5 rings (SSSR count). The lowest BCUT2D eigenvalue weighted by Gasteiger charge is -2.32. The van der Waals surface area contributed by atoms with Crippen molar-refractivity contribution >= 4 is 17.5 Å². The van der Waals surface area contributed by atoms with Gasteiger partial charge in [-0.3, -0.25) is 14.3 Å². The van der Waals surface area contributed by atoms with Crippen molar-refractivity contribution in [2.45, 2.75) is 18.9 Å². The van der Waals surface area contributed by atoms with Gasteiger partial charge >= 0.3 is 0 Å². The molecule has 1 aliphatic heterocycles. The molecule has 0 saturated carbocycles. The third-order valence-electron chi connectivity index (χ3n) is 6.51. The minimum atomic E-state index is -0.297. The molecule has 0 aliphatic carbocycles. The van der Waals surface area contributed by atoms with Gasteiger partial charge in [0.25, 0.3) is 5.91 Å². The lowest BCUT2D eigenvalue weighted by Crippen LogP contribution is -2.43. The van der Waals surface area contributed by atoms with Gasteiger partial charge in [0.05, 0.1) is 18.3 Å². The lowest BCUT2D eigenvalue weighted by molar-refractivity contribution is -0.128. The summed E-state index contributed by atoms with van der Waals surface area (Å²) in [7, 11) is 1.85. The summed E-state index contributed by atoms with van der Waals surface area (Å²) in [6.45, 7) is 4.70. The van der Waals surface area contributed by atoms with Crippen LogP contribution in [0.2, 0.25) is 0 Å². The van der Waals surface area contributed by atoms with Crippen LogP contribution in [0, 0.1) is 0 Å². The number of aryl methyl sites for hydroxylation is 1. The van der Waals surface area contributed by atoms with E-state index in [2.05, 4.69) is 17.0 Å². The van der Waals surface area contributed by atoms with Crippen molar-refractivity contribution < 1.29 is 19.1 Å². The van der Waals surface area contributed by atoms with Gasteiger partial charge < -0.3 is 19.7 Å². The molecule has 2 heterocycles. The number of para-hydroxylation sites is 1. The van der Waals surface area contributed by atoms with Crippen LogP contribution in [0.1, 0.15) is 23.2 Å². The molecule has 8 nitrogen and oxygen atoms in total. The van der Waals surface area contributed by atoms with Gasteiger partial charge in [-0.2, -0.15) is 5.10 Å². The number of carbonyl (C=O) groups is 2. The number of nitrogens with zero attached hydrogens (tertiary/aromatic N) is 3. The summed E-state index contributed by atoms with van der Waals surface area (Å²) in [5, 5.41) is 7.21. The third-order valence-corrected chi connectivity index (χ3v) is 6.51. The maximum absolute atomic E-state index is 13.4. The van der Waals surface area contributed by atoms with Crippen molar-refractivity contribution in [3.05, 3.63) is 103 Å². The number of rotatable bonds is 8. The second kappa shape index (κ2) is 11.7. The number of likely N-dealkylation sites (tertiary alicyclic amines) is 1. The second-order valence-corrected chi connectivity index (χ2v) is 9.38. The van der Waals surface area contributed by atoms with E-state index in [-0.39, 0.29) is 17.9 Å². The number of anilines is 1. The smallest absolute Gasteiger partial charge is 0.259 e. The first-order valence-corrected chi connectivity index (χ1v) is 12.8. The minimum absolute atomic E-state index is 0.120. The fourth-order valence-corrected chi connectivity index (χ4v) is 4.53. The molecule has 4 aromatic rings. The van der Waals surface area contributed by atoms with Crippen LogP contribution in [0.25, 0.3) is 11.1 Å². The average Bonchev–Trinajstić information content (AvgIpc) is 3.40. The molecule has 0 unspecified atom stereocenters. The molecule has 1 N–H and O–H groups in total. The predicted octanol–water partition coefficient (Wildman–Crippen LogP) is 5.69. The zero-order valence-corrected chi connectivity index (χ0v) is 21.7. The molecule has 1 aliphatic rings. The Kier molecular flexibility index (Phi) is 7.73. The van der Waals surface area contributed by atoms with Crippen molar-refractivity contribution in [3.63, 3.8) is 0 Å². The van der Waals surface area contributed by atoms with E-state index < -0.39 is 0 Å². The number of aromatic nitrogens is 2. The van der Waals surface area contributed by atoms with Gasteiger partial charge in [-0.15, -0.1) is 0 Å². The maximum atomic E-state index is 13.4. The van der Waals surface area contributed by atoms with E-state index in [1.807, 2.05) is 55.7 Å². The van der Waals surface area contributed by atoms with Gasteiger partial charge in [0.1, 0.15) is 23.4 Å². The Hall–Kier alpha value is -4.85. The van der Waals surface area contributed by atoms with Gasteiger partial charge in [0, 0.05) is 31.0 Å². The third kappa shape index (κ3) is 6.35. The summed E-state index contributed by atoms with van der Waals surface area (Å²) in [6.07, 6.45) is 6.34. The van der Waals surface area contributed by atoms with E-state index in [9.17, 15) is 9.59 Å². The SMILES string of the molecule is C=CC(=O)N1CCC[C@@H](Oc2cc(-c3cnn(C)c3)ccc2C(=O)Nc2ccc(Oc3ccccc3)cc2)C1. The number of piperidine rings is 1. The molecular weight excluding hydrogens is 492 g/mol. The summed E-state index contributed by atoms with van der Waals surface area (Å²) in [4.78, 5) is 27.3. The highest BCUT2D eigenvalue weighted by Crippen LogP contribution is 2.31. The first kappa shape index (κ1) is 25.8. The largest absolute Gasteiger partial charge is 0.488 e. The van der Waals surface area contributed by atoms with E-state index in [1.165, 1.54) is 6.08 Å². The van der Waals surface area contributed by atoms with Gasteiger partial charge in [0.2, 0.25) is 5.91 Å². The van der Waals surface area contributed by atoms with Crippen molar-refractivity contribution in [1.29, 1.82) is 0 Å². The molecular formula is C31H30N4O4. The van der Waals surface area contributed by atoms with Gasteiger partial charge in [0.15, 0.2) is 0 Å². The summed E-state index contributed by atoms with van der Waals surface area (Å²) >= 11 is 0. The fraction of sp³-hybridized carbons (Fsp3) is 0.194. The van der Waals surface area contributed by atoms with Gasteiger partial charge in [-0.05, 0) is 73.0 Å².